The minimum absolute atomic E-state index is 0.0475. The number of aliphatic carboxylic acids is 1. The lowest BCUT2D eigenvalue weighted by Gasteiger charge is -2.16. The Morgan fingerprint density at radius 3 is 2.38 bits per heavy atom. The van der Waals surface area contributed by atoms with E-state index in [9.17, 15) is 18.3 Å². The first-order valence-corrected chi connectivity index (χ1v) is 11.9. The third-order valence-electron chi connectivity index (χ3n) is 5.40. The molecule has 0 aliphatic heterocycles. The molecule has 4 rings (SSSR count). The monoisotopic (exact) mass is 491 g/mol. The van der Waals surface area contributed by atoms with Crippen LogP contribution in [0.3, 0.4) is 0 Å². The number of carboxylic acids is 1. The molecule has 1 saturated carbocycles. The molecule has 32 heavy (non-hydrogen) atoms. The minimum Gasteiger partial charge on any atom is -0.489 e. The number of sulfonamides is 1. The predicted octanol–water partition coefficient (Wildman–Crippen LogP) is 4.86. The quantitative estimate of drug-likeness (QED) is 0.469. The number of carbonyl (C=O) groups is 1. The zero-order valence-corrected chi connectivity index (χ0v) is 19.0. The molecule has 2 atom stereocenters. The average Bonchev–Trinajstić information content (AvgIpc) is 3.49. The number of carboxylic acid groups (broad SMARTS) is 1. The smallest absolute Gasteiger partial charge is 0.325 e. The van der Waals surface area contributed by atoms with Crippen molar-refractivity contribution in [2.24, 2.45) is 0 Å². The fraction of sp³-hybridized carbons (Fsp3) is 0.174. The molecule has 3 aromatic carbocycles. The summed E-state index contributed by atoms with van der Waals surface area (Å²) >= 11 is 12.0. The number of nitrogens with one attached hydrogen (secondary N) is 1. The van der Waals surface area contributed by atoms with Crippen LogP contribution in [-0.2, 0) is 21.4 Å². The van der Waals surface area contributed by atoms with Crippen LogP contribution in [0.2, 0.25) is 10.0 Å². The molecular weight excluding hydrogens is 473 g/mol. The highest BCUT2D eigenvalue weighted by Crippen LogP contribution is 2.52. The Kier molecular flexibility index (Phi) is 6.18. The molecule has 0 saturated heterocycles. The number of rotatable bonds is 8. The van der Waals surface area contributed by atoms with Crippen LogP contribution >= 0.6 is 23.2 Å². The van der Waals surface area contributed by atoms with E-state index in [1.165, 1.54) is 24.3 Å². The second-order valence-corrected chi connectivity index (χ2v) is 10.1. The summed E-state index contributed by atoms with van der Waals surface area (Å²) in [5.74, 6) is -1.19. The zero-order chi connectivity index (χ0) is 22.9. The van der Waals surface area contributed by atoms with Crippen molar-refractivity contribution in [3.8, 4) is 5.75 Å². The van der Waals surface area contributed by atoms with Gasteiger partial charge in [0.25, 0.3) is 0 Å². The van der Waals surface area contributed by atoms with Crippen molar-refractivity contribution in [2.75, 3.05) is 0 Å². The minimum atomic E-state index is -4.06. The van der Waals surface area contributed by atoms with Crippen LogP contribution in [0.1, 0.15) is 23.5 Å². The molecule has 2 unspecified atom stereocenters. The molecule has 3 aromatic rings. The van der Waals surface area contributed by atoms with E-state index in [1.807, 2.05) is 6.07 Å². The molecule has 0 amide bonds. The highest BCUT2D eigenvalue weighted by atomic mass is 35.5. The molecule has 0 radical (unpaired) electrons. The predicted molar refractivity (Wildman–Crippen MR) is 122 cm³/mol. The summed E-state index contributed by atoms with van der Waals surface area (Å²) in [5.41, 5.74) is -0.0403. The normalized spacial score (nSPS) is 20.0. The molecule has 0 aromatic heterocycles. The number of hydrogen-bond donors (Lipinski definition) is 2. The first-order valence-electron chi connectivity index (χ1n) is 9.70. The van der Waals surface area contributed by atoms with Gasteiger partial charge in [0.1, 0.15) is 17.9 Å². The van der Waals surface area contributed by atoms with E-state index in [0.717, 1.165) is 11.1 Å². The van der Waals surface area contributed by atoms with Gasteiger partial charge in [-0.25, -0.2) is 8.42 Å². The molecule has 0 bridgehead atoms. The second kappa shape index (κ2) is 8.75. The van der Waals surface area contributed by atoms with Crippen molar-refractivity contribution in [2.45, 2.75) is 29.4 Å². The van der Waals surface area contributed by atoms with Crippen LogP contribution in [0.4, 0.5) is 0 Å². The van der Waals surface area contributed by atoms with E-state index in [0.29, 0.717) is 15.8 Å². The Hall–Kier alpha value is -2.58. The van der Waals surface area contributed by atoms with Gasteiger partial charge in [-0.1, -0.05) is 59.6 Å². The van der Waals surface area contributed by atoms with E-state index >= 15 is 0 Å². The molecule has 6 nitrogen and oxygen atoms in total. The third-order valence-corrected chi connectivity index (χ3v) is 7.52. The van der Waals surface area contributed by atoms with E-state index in [4.69, 9.17) is 27.9 Å². The summed E-state index contributed by atoms with van der Waals surface area (Å²) in [6, 6.07) is 19.8. The summed E-state index contributed by atoms with van der Waals surface area (Å²) in [5, 5.41) is 10.7. The fourth-order valence-electron chi connectivity index (χ4n) is 3.56. The van der Waals surface area contributed by atoms with E-state index in [-0.39, 0.29) is 17.9 Å². The van der Waals surface area contributed by atoms with Crippen molar-refractivity contribution in [1.82, 2.24) is 4.72 Å². The Balaban J connectivity index is 1.46. The highest BCUT2D eigenvalue weighted by molar-refractivity contribution is 7.89. The molecule has 9 heteroatoms. The van der Waals surface area contributed by atoms with E-state index in [2.05, 4.69) is 4.72 Å². The molecule has 2 N–H and O–H groups in total. The number of ether oxygens (including phenoxy) is 1. The Morgan fingerprint density at radius 2 is 1.75 bits per heavy atom. The Morgan fingerprint density at radius 1 is 1.06 bits per heavy atom. The average molecular weight is 492 g/mol. The van der Waals surface area contributed by atoms with Crippen LogP contribution < -0.4 is 9.46 Å². The lowest BCUT2D eigenvalue weighted by molar-refractivity contribution is -0.140. The molecule has 0 heterocycles. The van der Waals surface area contributed by atoms with Crippen molar-refractivity contribution >= 4 is 39.2 Å². The van der Waals surface area contributed by atoms with Gasteiger partial charge >= 0.3 is 5.97 Å². The summed E-state index contributed by atoms with van der Waals surface area (Å²) in [6.45, 7) is 0.182. The molecule has 166 valence electrons. The molecule has 0 spiro atoms. The van der Waals surface area contributed by atoms with Crippen molar-refractivity contribution in [3.05, 3.63) is 94.0 Å². The summed E-state index contributed by atoms with van der Waals surface area (Å²) in [4.78, 5) is 11.9. The van der Waals surface area contributed by atoms with Gasteiger partial charge in [0.05, 0.1) is 4.90 Å². The van der Waals surface area contributed by atoms with E-state index in [1.54, 1.807) is 42.5 Å². The maximum absolute atomic E-state index is 12.9. The zero-order valence-electron chi connectivity index (χ0n) is 16.7. The van der Waals surface area contributed by atoms with Crippen LogP contribution in [0, 0.1) is 0 Å². The van der Waals surface area contributed by atoms with Crippen LogP contribution in [-0.4, -0.2) is 25.0 Å². The summed E-state index contributed by atoms with van der Waals surface area (Å²) in [6.07, 6.45) is 0.189. The first kappa shape index (κ1) is 22.6. The van der Waals surface area contributed by atoms with Crippen molar-refractivity contribution in [3.63, 3.8) is 0 Å². The van der Waals surface area contributed by atoms with Gasteiger partial charge in [-0.2, -0.15) is 4.72 Å². The third kappa shape index (κ3) is 4.61. The topological polar surface area (TPSA) is 92.7 Å². The van der Waals surface area contributed by atoms with Gasteiger partial charge in [-0.05, 0) is 48.4 Å². The standard InChI is InChI=1S/C23H19Cl2NO5S/c24-17-7-6-16(21(25)12-17)14-31-18-8-10-19(11-9-18)32(29,30)26-23(22(27)28)13-20(23)15-4-2-1-3-5-15/h1-12,20,26H,13-14H2,(H,27,28). The van der Waals surface area contributed by atoms with Gasteiger partial charge in [-0.15, -0.1) is 0 Å². The van der Waals surface area contributed by atoms with Gasteiger partial charge in [0.15, 0.2) is 0 Å². The summed E-state index contributed by atoms with van der Waals surface area (Å²) in [7, 11) is -4.06. The lowest BCUT2D eigenvalue weighted by atomic mass is 10.1. The van der Waals surface area contributed by atoms with Crippen molar-refractivity contribution < 1.29 is 23.1 Å². The lowest BCUT2D eigenvalue weighted by Crippen LogP contribution is -2.44. The van der Waals surface area contributed by atoms with Crippen LogP contribution in [0.5, 0.6) is 5.75 Å². The number of halogens is 2. The van der Waals surface area contributed by atoms with Gasteiger partial charge in [0.2, 0.25) is 10.0 Å². The first-order chi connectivity index (χ1) is 15.2. The van der Waals surface area contributed by atoms with Crippen LogP contribution in [0.25, 0.3) is 0 Å². The van der Waals surface area contributed by atoms with Crippen molar-refractivity contribution in [1.29, 1.82) is 0 Å². The Bertz CT molecular complexity index is 1250. The Labute approximate surface area is 195 Å². The molecule has 1 aliphatic rings. The van der Waals surface area contributed by atoms with E-state index < -0.39 is 27.4 Å². The second-order valence-electron chi connectivity index (χ2n) is 7.55. The molecule has 1 aliphatic carbocycles. The maximum atomic E-state index is 12.9. The fourth-order valence-corrected chi connectivity index (χ4v) is 5.42. The highest BCUT2D eigenvalue weighted by Gasteiger charge is 2.63. The summed E-state index contributed by atoms with van der Waals surface area (Å²) < 4.78 is 33.9. The maximum Gasteiger partial charge on any atom is 0.325 e. The number of hydrogen-bond acceptors (Lipinski definition) is 4. The molecular formula is C23H19Cl2NO5S. The number of benzene rings is 3. The largest absolute Gasteiger partial charge is 0.489 e. The van der Waals surface area contributed by atoms with Gasteiger partial charge in [-0.3, -0.25) is 4.79 Å². The molecule has 1 fully saturated rings. The SMILES string of the molecule is O=C(O)C1(NS(=O)(=O)c2ccc(OCc3ccc(Cl)cc3Cl)cc2)CC1c1ccccc1. The van der Waals surface area contributed by atoms with Crippen LogP contribution in [0.15, 0.2) is 77.7 Å². The van der Waals surface area contributed by atoms with Gasteiger partial charge < -0.3 is 9.84 Å². The van der Waals surface area contributed by atoms with Gasteiger partial charge in [0, 0.05) is 21.5 Å².